The Balaban J connectivity index is 1.62. The van der Waals surface area contributed by atoms with E-state index in [1.807, 2.05) is 76.2 Å². The molecule has 6 atom stereocenters. The molecule has 14 heteroatoms. The first-order valence-corrected chi connectivity index (χ1v) is 25.3. The summed E-state index contributed by atoms with van der Waals surface area (Å²) < 4.78 is 61.0. The van der Waals surface area contributed by atoms with E-state index in [4.69, 9.17) is 43.4 Å². The van der Waals surface area contributed by atoms with Crippen molar-refractivity contribution < 1.29 is 51.7 Å². The fourth-order valence-electron chi connectivity index (χ4n) is 6.25. The third-order valence-corrected chi connectivity index (χ3v) is 12.0. The third kappa shape index (κ3) is 15.0. The highest BCUT2D eigenvalue weighted by atomic mass is 32.7. The number of esters is 2. The third-order valence-electron chi connectivity index (χ3n) is 9.62. The molecule has 4 rings (SSSR count). The minimum atomic E-state index is -1.48. The van der Waals surface area contributed by atoms with Gasteiger partial charge in [-0.3, -0.25) is 0 Å². The molecule has 11 nitrogen and oxygen atoms in total. The predicted molar refractivity (Wildman–Crippen MR) is 233 cm³/mol. The zero-order valence-electron chi connectivity index (χ0n) is 36.2. The summed E-state index contributed by atoms with van der Waals surface area (Å²) in [6.45, 7) is 14.8. The Morgan fingerprint density at radius 3 is 2.38 bits per heavy atom. The molecule has 2 unspecified atom stereocenters. The van der Waals surface area contributed by atoms with Crippen molar-refractivity contribution in [3.63, 3.8) is 0 Å². The molecule has 1 aliphatic heterocycles. The van der Waals surface area contributed by atoms with Crippen LogP contribution in [0.15, 0.2) is 78.9 Å². The van der Waals surface area contributed by atoms with Crippen LogP contribution in [0, 0.1) is 5.92 Å². The van der Waals surface area contributed by atoms with Crippen molar-refractivity contribution in [3.05, 3.63) is 101 Å². The number of carbonyl (C=O) groups excluding carboxylic acids is 2. The lowest BCUT2D eigenvalue weighted by molar-refractivity contribution is -0.153. The topological polar surface area (TPSA) is 117 Å². The lowest BCUT2D eigenvalue weighted by Crippen LogP contribution is -2.38. The van der Waals surface area contributed by atoms with E-state index in [0.29, 0.717) is 54.1 Å². The number of carbonyl (C=O) groups is 2. The molecule has 58 heavy (non-hydrogen) atoms. The van der Waals surface area contributed by atoms with E-state index in [-0.39, 0.29) is 33.8 Å². The minimum Gasteiger partial charge on any atom is -0.497 e. The Hall–Kier alpha value is -3.42. The minimum absolute atomic E-state index is 0.0526. The van der Waals surface area contributed by atoms with Crippen LogP contribution in [0.4, 0.5) is 0 Å². The normalized spacial score (nSPS) is 18.5. The lowest BCUT2D eigenvalue weighted by atomic mass is 9.96. The first-order valence-electron chi connectivity index (χ1n) is 20.1. The number of benzene rings is 3. The van der Waals surface area contributed by atoms with Crippen molar-refractivity contribution in [2.24, 2.45) is 5.92 Å². The molecule has 0 bridgehead atoms. The van der Waals surface area contributed by atoms with E-state index in [0.717, 1.165) is 29.0 Å². The van der Waals surface area contributed by atoms with Crippen molar-refractivity contribution in [3.8, 4) is 17.2 Å². The van der Waals surface area contributed by atoms with Gasteiger partial charge in [0.2, 0.25) is 0 Å². The Bertz CT molecular complexity index is 1790. The van der Waals surface area contributed by atoms with Crippen LogP contribution >= 0.6 is 20.0 Å². The van der Waals surface area contributed by atoms with Gasteiger partial charge in [-0.05, 0) is 102 Å². The SMILES string of the molecule is [3H]PSO[C@@H](C)[C@H](C)/C=C\C(OC(=O)c1ccccc1)[C@H]1OC(C)(C)O[C@H]1CCCc1cc(OCc2ccc(OC)cc2)cc(OCOC)c1C(=O)OCC[Si](C)(C)C. The number of hydrogen-bond donors (Lipinski definition) is 0. The molecule has 1 fully saturated rings. The average Bonchev–Trinajstić information content (AvgIpc) is 3.52. The highest BCUT2D eigenvalue weighted by Crippen LogP contribution is 2.36. The highest BCUT2D eigenvalue weighted by Gasteiger charge is 2.45. The van der Waals surface area contributed by atoms with Gasteiger partial charge in [-0.2, -0.15) is 0 Å². The molecule has 0 amide bonds. The molecule has 3 aromatic rings. The van der Waals surface area contributed by atoms with Crippen LogP contribution in [0.5, 0.6) is 17.2 Å². The van der Waals surface area contributed by atoms with E-state index in [2.05, 4.69) is 19.6 Å². The molecule has 0 aromatic heterocycles. The van der Waals surface area contributed by atoms with Gasteiger partial charge in [-0.1, -0.05) is 63.0 Å². The Labute approximate surface area is 353 Å². The van der Waals surface area contributed by atoms with Crippen LogP contribution in [-0.4, -0.2) is 79.1 Å². The predicted octanol–water partition coefficient (Wildman–Crippen LogP) is 9.86. The van der Waals surface area contributed by atoms with Crippen LogP contribution in [0.25, 0.3) is 0 Å². The molecule has 1 aliphatic rings. The molecule has 0 radical (unpaired) electrons. The maximum Gasteiger partial charge on any atom is 0.342 e. The molecule has 318 valence electrons. The van der Waals surface area contributed by atoms with E-state index < -0.39 is 44.1 Å². The van der Waals surface area contributed by atoms with Crippen LogP contribution in [0.3, 0.4) is 0 Å². The number of methoxy groups -OCH3 is 2. The van der Waals surface area contributed by atoms with Gasteiger partial charge >= 0.3 is 11.9 Å². The van der Waals surface area contributed by atoms with Gasteiger partial charge in [0.25, 0.3) is 0 Å². The van der Waals surface area contributed by atoms with E-state index in [1.54, 1.807) is 37.4 Å². The van der Waals surface area contributed by atoms with E-state index in [1.165, 1.54) is 7.11 Å². The monoisotopic (exact) mass is 858 g/mol. The summed E-state index contributed by atoms with van der Waals surface area (Å²) in [7, 11) is 1.52. The maximum atomic E-state index is 13.9. The summed E-state index contributed by atoms with van der Waals surface area (Å²) in [6, 6.07) is 20.8. The van der Waals surface area contributed by atoms with Crippen LogP contribution in [-0.2, 0) is 40.9 Å². The van der Waals surface area contributed by atoms with E-state index >= 15 is 0 Å². The first-order chi connectivity index (χ1) is 28.1. The lowest BCUT2D eigenvalue weighted by Gasteiger charge is -2.25. The Kier molecular flexibility index (Phi) is 18.0. The van der Waals surface area contributed by atoms with Gasteiger partial charge in [0.15, 0.2) is 12.6 Å². The summed E-state index contributed by atoms with van der Waals surface area (Å²) >= 11 is 1.11. The van der Waals surface area contributed by atoms with Gasteiger partial charge in [0, 0.05) is 38.8 Å². The van der Waals surface area contributed by atoms with Crippen molar-refractivity contribution in [2.45, 2.75) is 109 Å². The highest BCUT2D eigenvalue weighted by molar-refractivity contribution is 8.40. The zero-order chi connectivity index (χ0) is 43.0. The number of hydrogen-bond acceptors (Lipinski definition) is 12. The average molecular weight is 859 g/mol. The second-order valence-corrected chi connectivity index (χ2v) is 22.5. The van der Waals surface area contributed by atoms with Crippen molar-refractivity contribution in [1.29, 1.82) is 1.28 Å². The van der Waals surface area contributed by atoms with Gasteiger partial charge < -0.3 is 42.1 Å². The molecule has 3 aromatic carbocycles. The maximum absolute atomic E-state index is 13.9. The zero-order valence-corrected chi connectivity index (χ0v) is 38.1. The summed E-state index contributed by atoms with van der Waals surface area (Å²) in [6.07, 6.45) is 3.21. The first kappa shape index (κ1) is 45.7. The van der Waals surface area contributed by atoms with E-state index in [9.17, 15) is 9.59 Å². The van der Waals surface area contributed by atoms with Gasteiger partial charge in [-0.15, -0.1) is 0 Å². The van der Waals surface area contributed by atoms with Gasteiger partial charge in [0.05, 0.1) is 32.8 Å². The Morgan fingerprint density at radius 2 is 1.71 bits per heavy atom. The van der Waals surface area contributed by atoms with Crippen LogP contribution < -0.4 is 14.2 Å². The molecule has 0 N–H and O–H groups in total. The molecule has 0 saturated carbocycles. The molecule has 0 aliphatic carbocycles. The number of ether oxygens (including phenoxy) is 8. The van der Waals surface area contributed by atoms with Crippen LogP contribution in [0.2, 0.25) is 25.7 Å². The molecular weight excluding hydrogens is 796 g/mol. The molecule has 1 saturated heterocycles. The van der Waals surface area contributed by atoms with Crippen molar-refractivity contribution in [2.75, 3.05) is 27.6 Å². The number of aryl methyl sites for hydroxylation is 1. The second kappa shape index (κ2) is 22.8. The fraction of sp³-hybridized carbons (Fsp3) is 0.500. The van der Waals surface area contributed by atoms with Crippen molar-refractivity contribution in [1.82, 2.24) is 0 Å². The van der Waals surface area contributed by atoms with Gasteiger partial charge in [-0.25, -0.2) is 9.59 Å². The quantitative estimate of drug-likeness (QED) is 0.0213. The summed E-state index contributed by atoms with van der Waals surface area (Å²) in [5.74, 6) is -0.402. The standard InChI is InChI=1S/C44H61O11PSSi/c1-30(31(2)55-57-56)18-23-37(52-42(45)33-14-11-10-12-15-33)41-38(53-44(3,4)54-41)17-13-16-34-26-36(50-28-32-19-21-35(48-6)22-20-32)27-39(51-29-47-5)40(34)43(46)49-24-25-58(7,8)9/h10-12,14-15,18-23,26-27,30-31,37-38,41H,13,16-17,24-25,28-29,56H2,1-9H3/b23-18-/t30-,31+,37?,38+,41-/m1/s1/i56T/t30-,31+,37?,38+,41-,56?. The van der Waals surface area contributed by atoms with Crippen molar-refractivity contribution >= 4 is 40.1 Å². The summed E-state index contributed by atoms with van der Waals surface area (Å²) in [4.78, 5) is 27.3. The Morgan fingerprint density at radius 1 is 0.966 bits per heavy atom. The van der Waals surface area contributed by atoms with Gasteiger partial charge in [0.1, 0.15) is 41.6 Å². The van der Waals surface area contributed by atoms with Crippen LogP contribution in [0.1, 0.15) is 72.4 Å². The smallest absolute Gasteiger partial charge is 0.342 e. The summed E-state index contributed by atoms with van der Waals surface area (Å²) in [5.41, 5.74) is 2.37. The fourth-order valence-corrected chi connectivity index (χ4v) is 7.75. The molecular formula is C44H61O11PSSi. The summed E-state index contributed by atoms with van der Waals surface area (Å²) in [5, 5.41) is 0. The molecule has 1 heterocycles. The second-order valence-electron chi connectivity index (χ2n) is 16.0. The molecule has 0 spiro atoms. The number of rotatable bonds is 24. The largest absolute Gasteiger partial charge is 0.497 e.